The van der Waals surface area contributed by atoms with Crippen LogP contribution in [0.25, 0.3) is 0 Å². The van der Waals surface area contributed by atoms with E-state index >= 15 is 0 Å². The standard InChI is InChI=1S/C19H32N4O2.HI/c1-16(2)15-21-19(20-9-6-18-5-4-13-25-18)22-17-7-10-23(11-8-17)12-14-24-3;/h4-5,13,17H,1,6-12,14-15H2,2-3H3,(H2,20,21,22);1H. The van der Waals surface area contributed by atoms with E-state index in [1.807, 2.05) is 19.1 Å². The molecule has 0 radical (unpaired) electrons. The second-order valence-corrected chi connectivity index (χ2v) is 6.63. The second kappa shape index (κ2) is 13.2. The molecule has 0 saturated carbocycles. The summed E-state index contributed by atoms with van der Waals surface area (Å²) < 4.78 is 10.5. The van der Waals surface area contributed by atoms with E-state index in [4.69, 9.17) is 9.15 Å². The van der Waals surface area contributed by atoms with Crippen LogP contribution >= 0.6 is 24.0 Å². The Morgan fingerprint density at radius 3 is 2.81 bits per heavy atom. The third-order valence-corrected chi connectivity index (χ3v) is 4.29. The zero-order valence-corrected chi connectivity index (χ0v) is 18.3. The summed E-state index contributed by atoms with van der Waals surface area (Å²) in [4.78, 5) is 7.09. The SMILES string of the molecule is C=C(C)CN=C(NCCc1ccco1)NC1CCN(CCOC)CC1.I. The minimum absolute atomic E-state index is 0. The minimum Gasteiger partial charge on any atom is -0.469 e. The number of halogens is 1. The first-order chi connectivity index (χ1) is 12.2. The van der Waals surface area contributed by atoms with Crippen molar-refractivity contribution in [1.29, 1.82) is 0 Å². The van der Waals surface area contributed by atoms with Gasteiger partial charge in [-0.3, -0.25) is 0 Å². The van der Waals surface area contributed by atoms with Crippen LogP contribution in [0.4, 0.5) is 0 Å². The summed E-state index contributed by atoms with van der Waals surface area (Å²) in [7, 11) is 1.76. The summed E-state index contributed by atoms with van der Waals surface area (Å²) in [5.74, 6) is 1.85. The van der Waals surface area contributed by atoms with Gasteiger partial charge in [-0.25, -0.2) is 4.99 Å². The molecule has 0 atom stereocenters. The van der Waals surface area contributed by atoms with Gasteiger partial charge in [-0.1, -0.05) is 12.2 Å². The Hall–Kier alpha value is -1.06. The van der Waals surface area contributed by atoms with Gasteiger partial charge in [-0.15, -0.1) is 24.0 Å². The lowest BCUT2D eigenvalue weighted by Crippen LogP contribution is -2.49. The molecule has 0 unspecified atom stereocenters. The monoisotopic (exact) mass is 476 g/mol. The second-order valence-electron chi connectivity index (χ2n) is 6.63. The van der Waals surface area contributed by atoms with Crippen molar-refractivity contribution < 1.29 is 9.15 Å². The first-order valence-electron chi connectivity index (χ1n) is 9.10. The van der Waals surface area contributed by atoms with Crippen LogP contribution in [-0.4, -0.2) is 63.3 Å². The molecule has 1 fully saturated rings. The average molecular weight is 476 g/mol. The molecule has 6 nitrogen and oxygen atoms in total. The van der Waals surface area contributed by atoms with Crippen LogP contribution in [0.3, 0.4) is 0 Å². The average Bonchev–Trinajstić information content (AvgIpc) is 3.12. The number of methoxy groups -OCH3 is 1. The Bertz CT molecular complexity index is 526. The minimum atomic E-state index is 0. The summed E-state index contributed by atoms with van der Waals surface area (Å²) >= 11 is 0. The van der Waals surface area contributed by atoms with E-state index in [0.717, 1.165) is 69.3 Å². The van der Waals surface area contributed by atoms with Crippen LogP contribution < -0.4 is 10.6 Å². The predicted octanol–water partition coefficient (Wildman–Crippen LogP) is 2.66. The summed E-state index contributed by atoms with van der Waals surface area (Å²) in [6, 6.07) is 4.37. The zero-order chi connectivity index (χ0) is 17.9. The number of piperidine rings is 1. The number of aliphatic imine (C=N–C) groups is 1. The van der Waals surface area contributed by atoms with Crippen molar-refractivity contribution in [3.8, 4) is 0 Å². The van der Waals surface area contributed by atoms with E-state index in [-0.39, 0.29) is 24.0 Å². The molecule has 1 saturated heterocycles. The fraction of sp³-hybridized carbons (Fsp3) is 0.632. The molecule has 26 heavy (non-hydrogen) atoms. The lowest BCUT2D eigenvalue weighted by Gasteiger charge is -2.33. The third kappa shape index (κ3) is 9.05. The Kier molecular flexibility index (Phi) is 11.6. The van der Waals surface area contributed by atoms with Crippen LogP contribution in [0.5, 0.6) is 0 Å². The molecule has 7 heteroatoms. The van der Waals surface area contributed by atoms with Gasteiger partial charge < -0.3 is 24.7 Å². The van der Waals surface area contributed by atoms with Crippen LogP contribution in [0, 0.1) is 0 Å². The van der Waals surface area contributed by atoms with E-state index in [2.05, 4.69) is 27.1 Å². The van der Waals surface area contributed by atoms with E-state index < -0.39 is 0 Å². The molecule has 0 bridgehead atoms. The van der Waals surface area contributed by atoms with Gasteiger partial charge in [0, 0.05) is 45.8 Å². The number of hydrogen-bond donors (Lipinski definition) is 2. The molecular formula is C19H33IN4O2. The molecule has 1 aliphatic heterocycles. The quantitative estimate of drug-likeness (QED) is 0.249. The molecule has 1 aliphatic rings. The predicted molar refractivity (Wildman–Crippen MR) is 117 cm³/mol. The van der Waals surface area contributed by atoms with Crippen molar-refractivity contribution in [3.05, 3.63) is 36.3 Å². The van der Waals surface area contributed by atoms with Crippen molar-refractivity contribution in [2.75, 3.05) is 46.4 Å². The number of likely N-dealkylation sites (tertiary alicyclic amines) is 1. The highest BCUT2D eigenvalue weighted by molar-refractivity contribution is 14.0. The van der Waals surface area contributed by atoms with Crippen molar-refractivity contribution in [1.82, 2.24) is 15.5 Å². The van der Waals surface area contributed by atoms with Crippen molar-refractivity contribution >= 4 is 29.9 Å². The molecule has 0 aromatic carbocycles. The molecule has 0 amide bonds. The van der Waals surface area contributed by atoms with Crippen LogP contribution in [0.2, 0.25) is 0 Å². The Labute approximate surface area is 174 Å². The summed E-state index contributed by atoms with van der Waals surface area (Å²) in [6.07, 6.45) is 4.79. The number of rotatable bonds is 9. The summed E-state index contributed by atoms with van der Waals surface area (Å²) in [6.45, 7) is 11.4. The molecule has 0 spiro atoms. The van der Waals surface area contributed by atoms with E-state index in [0.29, 0.717) is 12.6 Å². The molecule has 2 heterocycles. The molecule has 2 N–H and O–H groups in total. The Balaban J connectivity index is 0.00000338. The lowest BCUT2D eigenvalue weighted by molar-refractivity contribution is 0.128. The fourth-order valence-corrected chi connectivity index (χ4v) is 2.84. The maximum Gasteiger partial charge on any atom is 0.191 e. The smallest absolute Gasteiger partial charge is 0.191 e. The summed E-state index contributed by atoms with van der Waals surface area (Å²) in [5.41, 5.74) is 1.06. The van der Waals surface area contributed by atoms with E-state index in [9.17, 15) is 0 Å². The van der Waals surface area contributed by atoms with Gasteiger partial charge in [0.15, 0.2) is 5.96 Å². The van der Waals surface area contributed by atoms with Crippen LogP contribution in [-0.2, 0) is 11.2 Å². The number of nitrogens with zero attached hydrogens (tertiary/aromatic N) is 2. The Morgan fingerprint density at radius 2 is 2.19 bits per heavy atom. The first kappa shape index (κ1) is 23.0. The largest absolute Gasteiger partial charge is 0.469 e. The van der Waals surface area contributed by atoms with Gasteiger partial charge in [0.25, 0.3) is 0 Å². The molecule has 2 rings (SSSR count). The first-order valence-corrected chi connectivity index (χ1v) is 9.10. The third-order valence-electron chi connectivity index (χ3n) is 4.29. The number of hydrogen-bond acceptors (Lipinski definition) is 4. The zero-order valence-electron chi connectivity index (χ0n) is 16.0. The summed E-state index contributed by atoms with van der Waals surface area (Å²) in [5, 5.41) is 6.99. The Morgan fingerprint density at radius 1 is 1.42 bits per heavy atom. The lowest BCUT2D eigenvalue weighted by atomic mass is 10.1. The highest BCUT2D eigenvalue weighted by Crippen LogP contribution is 2.10. The molecule has 1 aromatic rings. The molecular weight excluding hydrogens is 443 g/mol. The number of nitrogens with one attached hydrogen (secondary N) is 2. The maximum absolute atomic E-state index is 5.38. The molecule has 0 aliphatic carbocycles. The topological polar surface area (TPSA) is 62.0 Å². The highest BCUT2D eigenvalue weighted by Gasteiger charge is 2.19. The number of ether oxygens (including phenoxy) is 1. The van der Waals surface area contributed by atoms with Gasteiger partial charge in [0.1, 0.15) is 5.76 Å². The van der Waals surface area contributed by atoms with Gasteiger partial charge >= 0.3 is 0 Å². The molecule has 148 valence electrons. The normalized spacial score (nSPS) is 16.2. The van der Waals surface area contributed by atoms with E-state index in [1.54, 1.807) is 13.4 Å². The highest BCUT2D eigenvalue weighted by atomic mass is 127. The number of guanidine groups is 1. The van der Waals surface area contributed by atoms with Crippen molar-refractivity contribution in [2.24, 2.45) is 4.99 Å². The van der Waals surface area contributed by atoms with Gasteiger partial charge in [0.2, 0.25) is 0 Å². The van der Waals surface area contributed by atoms with Crippen LogP contribution in [0.15, 0.2) is 40.0 Å². The van der Waals surface area contributed by atoms with Crippen LogP contribution in [0.1, 0.15) is 25.5 Å². The van der Waals surface area contributed by atoms with Gasteiger partial charge in [-0.05, 0) is 31.9 Å². The van der Waals surface area contributed by atoms with Gasteiger partial charge in [-0.2, -0.15) is 0 Å². The maximum atomic E-state index is 5.38. The molecule has 1 aromatic heterocycles. The van der Waals surface area contributed by atoms with E-state index in [1.165, 1.54) is 0 Å². The van der Waals surface area contributed by atoms with Crippen molar-refractivity contribution in [3.63, 3.8) is 0 Å². The van der Waals surface area contributed by atoms with Crippen molar-refractivity contribution in [2.45, 2.75) is 32.2 Å². The number of furan rings is 1. The fourth-order valence-electron chi connectivity index (χ4n) is 2.84. The van der Waals surface area contributed by atoms with Gasteiger partial charge in [0.05, 0.1) is 19.4 Å².